The zero-order valence-electron chi connectivity index (χ0n) is 11.5. The molecule has 0 aliphatic carbocycles. The maximum atomic E-state index is 3.90. The molecule has 0 unspecified atom stereocenters. The van der Waals surface area contributed by atoms with Crippen LogP contribution in [0.15, 0.2) is 67.3 Å². The fraction of sp³-hybridized carbons (Fsp3) is 0.111. The molecule has 0 saturated carbocycles. The van der Waals surface area contributed by atoms with Crippen LogP contribution in [0.3, 0.4) is 0 Å². The van der Waals surface area contributed by atoms with Crippen molar-refractivity contribution in [3.63, 3.8) is 0 Å². The SMILES string of the molecule is C=C/C(=C\c1ccc(N(C)C)cc1)c1ccccc1. The van der Waals surface area contributed by atoms with E-state index < -0.39 is 0 Å². The minimum absolute atomic E-state index is 1.14. The van der Waals surface area contributed by atoms with Gasteiger partial charge in [0.25, 0.3) is 0 Å². The average molecular weight is 249 g/mol. The Morgan fingerprint density at radius 3 is 2.11 bits per heavy atom. The fourth-order valence-electron chi connectivity index (χ4n) is 1.94. The van der Waals surface area contributed by atoms with E-state index in [1.165, 1.54) is 16.8 Å². The Bertz CT molecular complexity index is 562. The molecular formula is C18H19N. The fourth-order valence-corrected chi connectivity index (χ4v) is 1.94. The second kappa shape index (κ2) is 6.05. The lowest BCUT2D eigenvalue weighted by Crippen LogP contribution is -2.07. The second-order valence-electron chi connectivity index (χ2n) is 4.66. The quantitative estimate of drug-likeness (QED) is 0.570. The molecular weight excluding hydrogens is 230 g/mol. The van der Waals surface area contributed by atoms with Gasteiger partial charge in [0.2, 0.25) is 0 Å². The second-order valence-corrected chi connectivity index (χ2v) is 4.66. The number of hydrogen-bond acceptors (Lipinski definition) is 1. The van der Waals surface area contributed by atoms with Gasteiger partial charge in [0, 0.05) is 19.8 Å². The van der Waals surface area contributed by atoms with Crippen LogP contribution in [0.25, 0.3) is 11.6 Å². The molecule has 1 nitrogen and oxygen atoms in total. The summed E-state index contributed by atoms with van der Waals surface area (Å²) in [6.45, 7) is 3.90. The minimum atomic E-state index is 1.14. The maximum Gasteiger partial charge on any atom is 0.0361 e. The number of benzene rings is 2. The highest BCUT2D eigenvalue weighted by molar-refractivity contribution is 5.87. The van der Waals surface area contributed by atoms with Crippen LogP contribution in [-0.4, -0.2) is 14.1 Å². The maximum absolute atomic E-state index is 3.90. The van der Waals surface area contributed by atoms with Gasteiger partial charge in [-0.2, -0.15) is 0 Å². The molecule has 96 valence electrons. The summed E-state index contributed by atoms with van der Waals surface area (Å²) < 4.78 is 0. The van der Waals surface area contributed by atoms with Gasteiger partial charge in [0.1, 0.15) is 0 Å². The van der Waals surface area contributed by atoms with Crippen LogP contribution < -0.4 is 4.90 Å². The molecule has 0 saturated heterocycles. The van der Waals surface area contributed by atoms with Gasteiger partial charge in [-0.1, -0.05) is 55.1 Å². The smallest absolute Gasteiger partial charge is 0.0361 e. The van der Waals surface area contributed by atoms with Crippen LogP contribution in [0.4, 0.5) is 5.69 Å². The molecule has 0 radical (unpaired) electrons. The van der Waals surface area contributed by atoms with Gasteiger partial charge in [0.15, 0.2) is 0 Å². The van der Waals surface area contributed by atoms with Gasteiger partial charge < -0.3 is 4.90 Å². The summed E-state index contributed by atoms with van der Waals surface area (Å²) in [6.07, 6.45) is 4.05. The van der Waals surface area contributed by atoms with Gasteiger partial charge in [0.05, 0.1) is 0 Å². The van der Waals surface area contributed by atoms with E-state index in [0.717, 1.165) is 5.57 Å². The first kappa shape index (κ1) is 13.2. The Hall–Kier alpha value is -2.28. The van der Waals surface area contributed by atoms with Crippen LogP contribution in [0.2, 0.25) is 0 Å². The Morgan fingerprint density at radius 1 is 0.947 bits per heavy atom. The van der Waals surface area contributed by atoms with Crippen molar-refractivity contribution < 1.29 is 0 Å². The molecule has 0 bridgehead atoms. The number of hydrogen-bond donors (Lipinski definition) is 0. The molecule has 0 N–H and O–H groups in total. The van der Waals surface area contributed by atoms with Crippen LogP contribution in [0.1, 0.15) is 11.1 Å². The standard InChI is InChI=1S/C18H19N/c1-4-16(17-8-6-5-7-9-17)14-15-10-12-18(13-11-15)19(2)3/h4-14H,1H2,2-3H3/b16-14+. The van der Waals surface area contributed by atoms with Crippen molar-refractivity contribution in [1.82, 2.24) is 0 Å². The van der Waals surface area contributed by atoms with Crippen molar-refractivity contribution in [2.45, 2.75) is 0 Å². The highest BCUT2D eigenvalue weighted by atomic mass is 15.1. The van der Waals surface area contributed by atoms with E-state index >= 15 is 0 Å². The van der Waals surface area contributed by atoms with Gasteiger partial charge in [-0.15, -0.1) is 0 Å². The molecule has 0 heterocycles. The molecule has 0 aliphatic rings. The number of rotatable bonds is 4. The Morgan fingerprint density at radius 2 is 1.58 bits per heavy atom. The van der Waals surface area contributed by atoms with Gasteiger partial charge in [-0.05, 0) is 34.9 Å². The van der Waals surface area contributed by atoms with E-state index in [2.05, 4.69) is 54.0 Å². The van der Waals surface area contributed by atoms with Gasteiger partial charge in [-0.25, -0.2) is 0 Å². The number of anilines is 1. The third-order valence-electron chi connectivity index (χ3n) is 3.06. The Balaban J connectivity index is 2.30. The average Bonchev–Trinajstić information content (AvgIpc) is 2.46. The summed E-state index contributed by atoms with van der Waals surface area (Å²) in [5, 5.41) is 0. The Kier molecular flexibility index (Phi) is 4.19. The highest BCUT2D eigenvalue weighted by Crippen LogP contribution is 2.20. The topological polar surface area (TPSA) is 3.24 Å². The van der Waals surface area contributed by atoms with Crippen LogP contribution in [-0.2, 0) is 0 Å². The molecule has 0 fully saturated rings. The predicted octanol–water partition coefficient (Wildman–Crippen LogP) is 4.48. The lowest BCUT2D eigenvalue weighted by molar-refractivity contribution is 1.13. The molecule has 2 aromatic rings. The largest absolute Gasteiger partial charge is 0.378 e. The summed E-state index contributed by atoms with van der Waals surface area (Å²) in [4.78, 5) is 2.10. The summed E-state index contributed by atoms with van der Waals surface area (Å²) >= 11 is 0. The molecule has 0 atom stereocenters. The van der Waals surface area contributed by atoms with E-state index in [-0.39, 0.29) is 0 Å². The Labute approximate surface area is 115 Å². The van der Waals surface area contributed by atoms with E-state index in [4.69, 9.17) is 0 Å². The molecule has 1 heteroatoms. The summed E-state index contributed by atoms with van der Waals surface area (Å²) in [6, 6.07) is 18.8. The van der Waals surface area contributed by atoms with E-state index in [0.29, 0.717) is 0 Å². The van der Waals surface area contributed by atoms with Crippen molar-refractivity contribution in [3.05, 3.63) is 78.4 Å². The zero-order chi connectivity index (χ0) is 13.7. The van der Waals surface area contributed by atoms with E-state index in [9.17, 15) is 0 Å². The van der Waals surface area contributed by atoms with Crippen molar-refractivity contribution in [2.24, 2.45) is 0 Å². The molecule has 0 aromatic heterocycles. The summed E-state index contributed by atoms with van der Waals surface area (Å²) in [5.41, 5.74) is 4.72. The van der Waals surface area contributed by atoms with Crippen LogP contribution >= 0.6 is 0 Å². The molecule has 19 heavy (non-hydrogen) atoms. The lowest BCUT2D eigenvalue weighted by Gasteiger charge is -2.12. The third kappa shape index (κ3) is 3.35. The van der Waals surface area contributed by atoms with Gasteiger partial charge in [-0.3, -0.25) is 0 Å². The lowest BCUT2D eigenvalue weighted by atomic mass is 10.0. The predicted molar refractivity (Wildman–Crippen MR) is 85.3 cm³/mol. The van der Waals surface area contributed by atoms with Crippen molar-refractivity contribution >= 4 is 17.3 Å². The van der Waals surface area contributed by atoms with Crippen LogP contribution in [0.5, 0.6) is 0 Å². The third-order valence-corrected chi connectivity index (χ3v) is 3.06. The molecule has 0 amide bonds. The molecule has 2 aromatic carbocycles. The first-order valence-corrected chi connectivity index (χ1v) is 6.37. The summed E-state index contributed by atoms with van der Waals surface area (Å²) in [5.74, 6) is 0. The van der Waals surface area contributed by atoms with Crippen molar-refractivity contribution in [3.8, 4) is 0 Å². The molecule has 0 spiro atoms. The van der Waals surface area contributed by atoms with Crippen molar-refractivity contribution in [2.75, 3.05) is 19.0 Å². The monoisotopic (exact) mass is 249 g/mol. The molecule has 0 aliphatic heterocycles. The summed E-state index contributed by atoms with van der Waals surface area (Å²) in [7, 11) is 4.09. The number of allylic oxidation sites excluding steroid dienone is 2. The van der Waals surface area contributed by atoms with E-state index in [1.807, 2.05) is 38.4 Å². The van der Waals surface area contributed by atoms with E-state index in [1.54, 1.807) is 0 Å². The number of nitrogens with zero attached hydrogens (tertiary/aromatic N) is 1. The van der Waals surface area contributed by atoms with Crippen molar-refractivity contribution in [1.29, 1.82) is 0 Å². The van der Waals surface area contributed by atoms with Gasteiger partial charge >= 0.3 is 0 Å². The highest BCUT2D eigenvalue weighted by Gasteiger charge is 1.98. The normalized spacial score (nSPS) is 11.2. The molecule has 2 rings (SSSR count). The first-order chi connectivity index (χ1) is 9.20. The minimum Gasteiger partial charge on any atom is -0.378 e. The zero-order valence-corrected chi connectivity index (χ0v) is 11.5. The van der Waals surface area contributed by atoms with Crippen LogP contribution in [0, 0.1) is 0 Å². The first-order valence-electron chi connectivity index (χ1n) is 6.37.